The van der Waals surface area contributed by atoms with Crippen molar-refractivity contribution in [1.29, 1.82) is 0 Å². The van der Waals surface area contributed by atoms with E-state index in [9.17, 15) is 4.79 Å². The lowest BCUT2D eigenvalue weighted by atomic mass is 10.1. The molecule has 2 N–H and O–H groups in total. The van der Waals surface area contributed by atoms with Crippen LogP contribution in [-0.2, 0) is 4.74 Å². The zero-order valence-electron chi connectivity index (χ0n) is 10.2. The number of hydrogen-bond donors (Lipinski definition) is 2. The summed E-state index contributed by atoms with van der Waals surface area (Å²) in [6.45, 7) is 1.52. The number of aromatic carboxylic acids is 1. The molecule has 19 heavy (non-hydrogen) atoms. The van der Waals surface area contributed by atoms with Crippen molar-refractivity contribution in [2.45, 2.75) is 18.9 Å². The molecule has 1 saturated heterocycles. The lowest BCUT2D eigenvalue weighted by Gasteiger charge is -2.23. The predicted molar refractivity (Wildman–Crippen MR) is 67.4 cm³/mol. The summed E-state index contributed by atoms with van der Waals surface area (Å²) in [6.07, 6.45) is 3.31. The fourth-order valence-corrected chi connectivity index (χ4v) is 2.11. The summed E-state index contributed by atoms with van der Waals surface area (Å²) in [7, 11) is 0. The summed E-state index contributed by atoms with van der Waals surface area (Å²) in [4.78, 5) is 14.8. The largest absolute Gasteiger partial charge is 0.476 e. The first-order valence-corrected chi connectivity index (χ1v) is 6.16. The molecule has 3 rings (SSSR count). The van der Waals surface area contributed by atoms with Crippen LogP contribution >= 0.6 is 0 Å². The van der Waals surface area contributed by atoms with Crippen molar-refractivity contribution in [3.05, 3.63) is 24.0 Å². The fourth-order valence-electron chi connectivity index (χ4n) is 2.11. The summed E-state index contributed by atoms with van der Waals surface area (Å²) in [5.41, 5.74) is 0.519. The molecule has 1 aliphatic heterocycles. The minimum absolute atomic E-state index is 0.00397. The molecule has 0 unspecified atom stereocenters. The number of aromatic nitrogens is 3. The van der Waals surface area contributed by atoms with Crippen molar-refractivity contribution < 1.29 is 14.6 Å². The average Bonchev–Trinajstić information content (AvgIpc) is 2.83. The van der Waals surface area contributed by atoms with Gasteiger partial charge in [0, 0.05) is 19.3 Å². The molecule has 1 fully saturated rings. The Bertz CT molecular complexity index is 604. The monoisotopic (exact) mass is 262 g/mol. The molecule has 0 bridgehead atoms. The second-order valence-corrected chi connectivity index (χ2v) is 4.48. The zero-order valence-corrected chi connectivity index (χ0v) is 10.2. The van der Waals surface area contributed by atoms with Crippen molar-refractivity contribution in [3.8, 4) is 0 Å². The van der Waals surface area contributed by atoms with E-state index in [4.69, 9.17) is 9.84 Å². The van der Waals surface area contributed by atoms with Crippen LogP contribution in [0, 0.1) is 0 Å². The maximum absolute atomic E-state index is 10.8. The quantitative estimate of drug-likeness (QED) is 0.858. The molecule has 0 amide bonds. The Morgan fingerprint density at radius 3 is 2.95 bits per heavy atom. The molecule has 0 radical (unpaired) electrons. The number of nitrogens with one attached hydrogen (secondary N) is 1. The van der Waals surface area contributed by atoms with Gasteiger partial charge in [0.25, 0.3) is 0 Å². The lowest BCUT2D eigenvalue weighted by molar-refractivity contribution is 0.0691. The number of nitrogens with zero attached hydrogens (tertiary/aromatic N) is 3. The van der Waals surface area contributed by atoms with Gasteiger partial charge in [0.15, 0.2) is 11.3 Å². The Labute approximate surface area is 109 Å². The Hall–Kier alpha value is -2.15. The number of carboxylic acid groups (broad SMARTS) is 1. The SMILES string of the molecule is O=C(O)c1cn2nc(NC3CCOCC3)ccc2n1. The van der Waals surface area contributed by atoms with Gasteiger partial charge in [-0.25, -0.2) is 14.3 Å². The molecule has 1 aliphatic rings. The first-order chi connectivity index (χ1) is 9.22. The average molecular weight is 262 g/mol. The molecule has 7 nitrogen and oxygen atoms in total. The Morgan fingerprint density at radius 1 is 1.42 bits per heavy atom. The molecule has 100 valence electrons. The van der Waals surface area contributed by atoms with Gasteiger partial charge in [-0.2, -0.15) is 0 Å². The van der Waals surface area contributed by atoms with Crippen LogP contribution in [0.3, 0.4) is 0 Å². The van der Waals surface area contributed by atoms with E-state index < -0.39 is 5.97 Å². The number of hydrogen-bond acceptors (Lipinski definition) is 5. The summed E-state index contributed by atoms with van der Waals surface area (Å²) in [5.74, 6) is -0.335. The van der Waals surface area contributed by atoms with Crippen LogP contribution in [0.15, 0.2) is 18.3 Å². The van der Waals surface area contributed by atoms with Gasteiger partial charge in [0.05, 0.1) is 6.20 Å². The van der Waals surface area contributed by atoms with Crippen LogP contribution in [0.25, 0.3) is 5.65 Å². The second kappa shape index (κ2) is 4.85. The topological polar surface area (TPSA) is 88.8 Å². The van der Waals surface area contributed by atoms with Crippen LogP contribution in [0.2, 0.25) is 0 Å². The number of carboxylic acids is 1. The van der Waals surface area contributed by atoms with Crippen LogP contribution in [0.4, 0.5) is 5.82 Å². The van der Waals surface area contributed by atoms with Gasteiger partial charge in [-0.3, -0.25) is 0 Å². The first kappa shape index (κ1) is 11.9. The zero-order chi connectivity index (χ0) is 13.2. The molecule has 0 atom stereocenters. The van der Waals surface area contributed by atoms with Crippen molar-refractivity contribution in [2.75, 3.05) is 18.5 Å². The van der Waals surface area contributed by atoms with Gasteiger partial charge in [-0.1, -0.05) is 0 Å². The highest BCUT2D eigenvalue weighted by molar-refractivity contribution is 5.86. The smallest absolute Gasteiger partial charge is 0.356 e. The molecule has 0 saturated carbocycles. The predicted octanol–water partition coefficient (Wildman–Crippen LogP) is 1.02. The maximum atomic E-state index is 10.8. The normalized spacial score (nSPS) is 16.6. The fraction of sp³-hybridized carbons (Fsp3) is 0.417. The highest BCUT2D eigenvalue weighted by Crippen LogP contribution is 2.14. The number of imidazole rings is 1. The van der Waals surface area contributed by atoms with Crippen molar-refractivity contribution >= 4 is 17.4 Å². The molecular weight excluding hydrogens is 248 g/mol. The van der Waals surface area contributed by atoms with Gasteiger partial charge in [0.1, 0.15) is 5.82 Å². The van der Waals surface area contributed by atoms with Crippen LogP contribution in [0.5, 0.6) is 0 Å². The van der Waals surface area contributed by atoms with Gasteiger partial charge in [0.2, 0.25) is 0 Å². The van der Waals surface area contributed by atoms with Crippen LogP contribution in [-0.4, -0.2) is 44.9 Å². The van der Waals surface area contributed by atoms with E-state index in [1.165, 1.54) is 10.7 Å². The molecule has 0 spiro atoms. The molecule has 2 aromatic heterocycles. The third kappa shape index (κ3) is 2.50. The number of rotatable bonds is 3. The van der Waals surface area contributed by atoms with E-state index in [0.717, 1.165) is 26.1 Å². The molecule has 0 aliphatic carbocycles. The Morgan fingerprint density at radius 2 is 2.21 bits per heavy atom. The van der Waals surface area contributed by atoms with Gasteiger partial charge in [-0.15, -0.1) is 5.10 Å². The van der Waals surface area contributed by atoms with E-state index in [0.29, 0.717) is 17.5 Å². The minimum Gasteiger partial charge on any atom is -0.476 e. The van der Waals surface area contributed by atoms with Crippen molar-refractivity contribution in [1.82, 2.24) is 14.6 Å². The first-order valence-electron chi connectivity index (χ1n) is 6.16. The third-order valence-corrected chi connectivity index (χ3v) is 3.11. The second-order valence-electron chi connectivity index (χ2n) is 4.48. The Balaban J connectivity index is 1.82. The van der Waals surface area contributed by atoms with Crippen LogP contribution in [0.1, 0.15) is 23.3 Å². The standard InChI is InChI=1S/C12H14N4O3/c17-12(18)9-7-16-11(14-9)2-1-10(15-16)13-8-3-5-19-6-4-8/h1-2,7-8H,3-6H2,(H,13,15)(H,17,18). The molecule has 7 heteroatoms. The maximum Gasteiger partial charge on any atom is 0.356 e. The van der Waals surface area contributed by atoms with E-state index in [-0.39, 0.29) is 5.69 Å². The van der Waals surface area contributed by atoms with Gasteiger partial charge >= 0.3 is 5.97 Å². The summed E-state index contributed by atoms with van der Waals surface area (Å²) in [6, 6.07) is 3.91. The summed E-state index contributed by atoms with van der Waals surface area (Å²) in [5, 5.41) is 16.5. The van der Waals surface area contributed by atoms with E-state index in [2.05, 4.69) is 15.4 Å². The highest BCUT2D eigenvalue weighted by atomic mass is 16.5. The van der Waals surface area contributed by atoms with Gasteiger partial charge < -0.3 is 15.2 Å². The number of fused-ring (bicyclic) bond motifs is 1. The van der Waals surface area contributed by atoms with Crippen LogP contribution < -0.4 is 5.32 Å². The van der Waals surface area contributed by atoms with E-state index in [1.807, 2.05) is 6.07 Å². The lowest BCUT2D eigenvalue weighted by Crippen LogP contribution is -2.28. The molecule has 3 heterocycles. The molecular formula is C12H14N4O3. The van der Waals surface area contributed by atoms with E-state index >= 15 is 0 Å². The van der Waals surface area contributed by atoms with Gasteiger partial charge in [-0.05, 0) is 25.0 Å². The van der Waals surface area contributed by atoms with Crippen molar-refractivity contribution in [2.24, 2.45) is 0 Å². The summed E-state index contributed by atoms with van der Waals surface area (Å²) >= 11 is 0. The number of ether oxygens (including phenoxy) is 1. The Kier molecular flexibility index (Phi) is 3.04. The van der Waals surface area contributed by atoms with E-state index in [1.54, 1.807) is 6.07 Å². The highest BCUT2D eigenvalue weighted by Gasteiger charge is 2.15. The molecule has 2 aromatic rings. The summed E-state index contributed by atoms with van der Waals surface area (Å²) < 4.78 is 6.77. The third-order valence-electron chi connectivity index (χ3n) is 3.11. The number of anilines is 1. The minimum atomic E-state index is -1.05. The molecule has 0 aromatic carbocycles. The number of carbonyl (C=O) groups is 1. The van der Waals surface area contributed by atoms with Crippen molar-refractivity contribution in [3.63, 3.8) is 0 Å².